The van der Waals surface area contributed by atoms with Crippen LogP contribution in [0.5, 0.6) is 0 Å². The van der Waals surface area contributed by atoms with E-state index in [4.69, 9.17) is 37.9 Å². The summed E-state index contributed by atoms with van der Waals surface area (Å²) >= 11 is 0. The molecule has 5 atom stereocenters. The summed E-state index contributed by atoms with van der Waals surface area (Å²) in [5.74, 6) is -1.19. The Morgan fingerprint density at radius 3 is 1.42 bits per heavy atom. The van der Waals surface area contributed by atoms with Gasteiger partial charge in [0.1, 0.15) is 6.61 Å². The van der Waals surface area contributed by atoms with Gasteiger partial charge < -0.3 is 47.7 Å². The first-order valence-electron chi connectivity index (χ1n) is 32.4. The fourth-order valence-electron chi connectivity index (χ4n) is 11.9. The van der Waals surface area contributed by atoms with Gasteiger partial charge in [-0.25, -0.2) is 0 Å². The molecule has 0 amide bonds. The summed E-state index contributed by atoms with van der Waals surface area (Å²) in [6, 6.07) is 0. The Labute approximate surface area is 482 Å². The molecular weight excluding hydrogens is 1000 g/mol. The maximum Gasteiger partial charge on any atom is 0.306 e. The van der Waals surface area contributed by atoms with E-state index in [2.05, 4.69) is 77.3 Å². The van der Waals surface area contributed by atoms with E-state index in [1.165, 1.54) is 77.0 Å². The number of methoxy groups -OCH3 is 1. The molecule has 2 aliphatic rings. The molecule has 1 saturated carbocycles. The van der Waals surface area contributed by atoms with Crippen LogP contribution in [0.1, 0.15) is 254 Å². The van der Waals surface area contributed by atoms with Crippen molar-refractivity contribution in [1.82, 2.24) is 9.80 Å². The zero-order valence-corrected chi connectivity index (χ0v) is 52.3. The molecule has 0 spiro atoms. The van der Waals surface area contributed by atoms with E-state index in [9.17, 15) is 19.2 Å². The van der Waals surface area contributed by atoms with Crippen molar-refractivity contribution in [3.05, 3.63) is 12.2 Å². The van der Waals surface area contributed by atoms with Crippen molar-refractivity contribution in [3.8, 4) is 0 Å². The molecule has 0 saturated heterocycles. The van der Waals surface area contributed by atoms with Gasteiger partial charge in [-0.15, -0.1) is 0 Å². The third-order valence-corrected chi connectivity index (χ3v) is 16.5. The number of hydrogen-bond donors (Lipinski definition) is 0. The first-order valence-corrected chi connectivity index (χ1v) is 32.4. The van der Waals surface area contributed by atoms with E-state index >= 15 is 0 Å². The van der Waals surface area contributed by atoms with Crippen molar-refractivity contribution in [2.75, 3.05) is 92.6 Å². The number of rotatable bonds is 51. The zero-order chi connectivity index (χ0) is 57.9. The van der Waals surface area contributed by atoms with Crippen molar-refractivity contribution in [2.24, 2.45) is 22.2 Å². The second-order valence-electron chi connectivity index (χ2n) is 23.9. The van der Waals surface area contributed by atoms with E-state index in [0.717, 1.165) is 84.2 Å². The van der Waals surface area contributed by atoms with Crippen LogP contribution < -0.4 is 0 Å². The number of hydrogen-bond acceptors (Lipinski definition) is 14. The molecule has 0 aromatic carbocycles. The molecule has 462 valence electrons. The molecule has 0 aliphatic heterocycles. The van der Waals surface area contributed by atoms with E-state index in [1.54, 1.807) is 7.11 Å². The van der Waals surface area contributed by atoms with Gasteiger partial charge in [0.2, 0.25) is 0 Å². The molecule has 79 heavy (non-hydrogen) atoms. The van der Waals surface area contributed by atoms with Crippen LogP contribution >= 0.6 is 0 Å². The maximum atomic E-state index is 13.9. The van der Waals surface area contributed by atoms with Gasteiger partial charge in [0, 0.05) is 74.8 Å². The van der Waals surface area contributed by atoms with Gasteiger partial charge in [0.25, 0.3) is 0 Å². The number of ether oxygens (including phenoxy) is 8. The molecule has 14 heteroatoms. The van der Waals surface area contributed by atoms with Crippen LogP contribution in [0, 0.1) is 22.2 Å². The molecule has 5 unspecified atom stereocenters. The number of carbonyl (C=O) groups excluding carboxylic acids is 4. The topological polar surface area (TPSA) is 149 Å². The quantitative estimate of drug-likeness (QED) is 0.0187. The fraction of sp³-hybridized carbons (Fsp3) is 0.908. The molecule has 14 nitrogen and oxygen atoms in total. The number of unbranched alkanes of at least 4 members (excludes halogenated alkanes) is 15. The number of carbonyl (C=O) groups is 4. The van der Waals surface area contributed by atoms with Gasteiger partial charge in [-0.2, -0.15) is 0 Å². The average molecular weight is 1120 g/mol. The molecule has 1 fully saturated rings. The Bertz CT molecular complexity index is 1570. The predicted molar refractivity (Wildman–Crippen MR) is 318 cm³/mol. The second kappa shape index (κ2) is 44.9. The molecule has 2 rings (SSSR count). The summed E-state index contributed by atoms with van der Waals surface area (Å²) in [4.78, 5) is 59.0. The van der Waals surface area contributed by atoms with E-state index < -0.39 is 28.8 Å². The molecular formula is C65H120N2O12. The number of fused-ring (bicyclic) bond motifs is 2. The second-order valence-corrected chi connectivity index (χ2v) is 23.9. The fourth-order valence-corrected chi connectivity index (χ4v) is 11.9. The van der Waals surface area contributed by atoms with Crippen LogP contribution in [-0.2, 0) is 57.1 Å². The minimum atomic E-state index is -0.703. The van der Waals surface area contributed by atoms with Gasteiger partial charge in [-0.05, 0) is 103 Å². The van der Waals surface area contributed by atoms with Crippen molar-refractivity contribution in [2.45, 2.75) is 267 Å². The Kier molecular flexibility index (Phi) is 41.2. The lowest BCUT2D eigenvalue weighted by Gasteiger charge is -2.54. The average Bonchev–Trinajstić information content (AvgIpc) is 3.55. The molecule has 2 aliphatic carbocycles. The smallest absolute Gasteiger partial charge is 0.306 e. The highest BCUT2D eigenvalue weighted by molar-refractivity contribution is 5.70. The van der Waals surface area contributed by atoms with Crippen molar-refractivity contribution in [1.29, 1.82) is 0 Å². The van der Waals surface area contributed by atoms with Crippen molar-refractivity contribution < 1.29 is 57.1 Å². The summed E-state index contributed by atoms with van der Waals surface area (Å²) in [5.41, 5.74) is -1.83. The Balaban J connectivity index is 2.39. The van der Waals surface area contributed by atoms with Crippen molar-refractivity contribution in [3.63, 3.8) is 0 Å². The number of nitrogens with zero attached hydrogens (tertiary/aromatic N) is 2. The molecule has 2 bridgehead atoms. The monoisotopic (exact) mass is 1120 g/mol. The minimum absolute atomic E-state index is 0.0904. The van der Waals surface area contributed by atoms with Gasteiger partial charge >= 0.3 is 23.9 Å². The maximum absolute atomic E-state index is 13.9. The van der Waals surface area contributed by atoms with Crippen LogP contribution in [0.3, 0.4) is 0 Å². The van der Waals surface area contributed by atoms with E-state index in [0.29, 0.717) is 84.0 Å². The lowest BCUT2D eigenvalue weighted by molar-refractivity contribution is -0.169. The third kappa shape index (κ3) is 33.9. The predicted octanol–water partition coefficient (Wildman–Crippen LogP) is 14.5. The Hall–Kier alpha value is -2.62. The Morgan fingerprint density at radius 2 is 0.924 bits per heavy atom. The van der Waals surface area contributed by atoms with Crippen LogP contribution in [0.25, 0.3) is 0 Å². The van der Waals surface area contributed by atoms with Crippen LogP contribution in [0.4, 0.5) is 0 Å². The highest BCUT2D eigenvalue weighted by atomic mass is 16.7. The minimum Gasteiger partial charge on any atom is -0.465 e. The molecule has 0 N–H and O–H groups in total. The molecule has 0 radical (unpaired) electrons. The normalized spacial score (nSPS) is 20.6. The third-order valence-electron chi connectivity index (χ3n) is 16.5. The van der Waals surface area contributed by atoms with Crippen LogP contribution in [0.15, 0.2) is 12.2 Å². The van der Waals surface area contributed by atoms with Gasteiger partial charge in [0.05, 0.1) is 32.7 Å². The zero-order valence-electron chi connectivity index (χ0n) is 52.3. The SMILES string of the molecule is CCCCCCCCOC(CCC(=O)OCC12C=CC(COC(=O)CCCN(CC)CC)CCC(COC(=O)CCCN(CC)CC)(CC(C)(COC(=O)CCC(OCCCCCCCC)OCCCCCCCC)C1)C2)OC. The first kappa shape index (κ1) is 72.5. The summed E-state index contributed by atoms with van der Waals surface area (Å²) in [6.45, 7) is 25.2. The van der Waals surface area contributed by atoms with Crippen LogP contribution in [-0.4, -0.2) is 139 Å². The molecule has 0 aromatic heterocycles. The Morgan fingerprint density at radius 1 is 0.494 bits per heavy atom. The first-order chi connectivity index (χ1) is 38.2. The molecule has 0 heterocycles. The van der Waals surface area contributed by atoms with E-state index in [1.807, 2.05) is 0 Å². The highest BCUT2D eigenvalue weighted by Gasteiger charge is 2.54. The summed E-state index contributed by atoms with van der Waals surface area (Å²) in [6.07, 6.45) is 30.6. The summed E-state index contributed by atoms with van der Waals surface area (Å²) in [5, 5.41) is 0. The van der Waals surface area contributed by atoms with Gasteiger partial charge in [-0.1, -0.05) is 164 Å². The summed E-state index contributed by atoms with van der Waals surface area (Å²) in [7, 11) is 1.61. The molecule has 0 aromatic rings. The van der Waals surface area contributed by atoms with Crippen molar-refractivity contribution >= 4 is 23.9 Å². The lowest BCUT2D eigenvalue weighted by atomic mass is 9.51. The number of esters is 4. The van der Waals surface area contributed by atoms with Crippen LogP contribution in [0.2, 0.25) is 0 Å². The summed E-state index contributed by atoms with van der Waals surface area (Å²) < 4.78 is 49.1. The van der Waals surface area contributed by atoms with Gasteiger partial charge in [0.15, 0.2) is 12.6 Å². The lowest BCUT2D eigenvalue weighted by Crippen LogP contribution is -2.51. The van der Waals surface area contributed by atoms with E-state index in [-0.39, 0.29) is 69.1 Å². The standard InChI is InChI=1S/C65H120N2O12/c1-10-17-20-23-26-29-46-73-61(72-9)38-36-60(71)79-55-65-43-41-56(49-76-57(68)34-32-44-66(13-4)14-5)40-42-64(52-65,54-78-58(69)35-33-45-67(15-6)16-7)50-63(8,51-65)53-77-59(70)37-39-62(74-47-30-27-24-21-18-11-2)75-48-31-28-25-22-19-12-3/h41,43,56,61-62H,10-40,42,44-55H2,1-9H3. The van der Waals surface area contributed by atoms with Gasteiger partial charge in [-0.3, -0.25) is 19.2 Å². The largest absolute Gasteiger partial charge is 0.465 e. The highest BCUT2D eigenvalue weighted by Crippen LogP contribution is 2.59.